The highest BCUT2D eigenvalue weighted by molar-refractivity contribution is 6.22. The molecule has 4 nitrogen and oxygen atoms in total. The summed E-state index contributed by atoms with van der Waals surface area (Å²) in [5.41, 5.74) is 14.6. The van der Waals surface area contributed by atoms with E-state index in [0.717, 1.165) is 94.1 Å². The molecule has 0 aliphatic carbocycles. The number of hydrogen-bond donors (Lipinski definition) is 0. The van der Waals surface area contributed by atoms with Crippen LogP contribution in [0.3, 0.4) is 0 Å². The van der Waals surface area contributed by atoms with E-state index < -0.39 is 0 Å². The number of para-hydroxylation sites is 4. The maximum absolute atomic E-state index is 6.95. The molecule has 10 aromatic carbocycles. The minimum atomic E-state index is 0.834. The molecule has 0 unspecified atom stereocenters. The predicted molar refractivity (Wildman–Crippen MR) is 258 cm³/mol. The van der Waals surface area contributed by atoms with E-state index in [-0.39, 0.29) is 0 Å². The highest BCUT2D eigenvalue weighted by Crippen LogP contribution is 2.47. The van der Waals surface area contributed by atoms with E-state index in [9.17, 15) is 0 Å². The van der Waals surface area contributed by atoms with Gasteiger partial charge in [0.2, 0.25) is 0 Å². The Labute approximate surface area is 356 Å². The van der Waals surface area contributed by atoms with Crippen LogP contribution in [-0.4, -0.2) is 4.57 Å². The smallest absolute Gasteiger partial charge is 0.143 e. The Bertz CT molecular complexity index is 3800. The molecule has 0 atom stereocenters. The number of nitrogens with zero attached hydrogens (tertiary/aromatic N) is 2. The van der Waals surface area contributed by atoms with E-state index in [0.29, 0.717) is 0 Å². The van der Waals surface area contributed by atoms with E-state index in [2.05, 4.69) is 216 Å². The largest absolute Gasteiger partial charge is 0.455 e. The van der Waals surface area contributed by atoms with Gasteiger partial charge in [-0.2, -0.15) is 0 Å². The Morgan fingerprint density at radius 3 is 1.58 bits per heavy atom. The summed E-state index contributed by atoms with van der Waals surface area (Å²) < 4.78 is 15.8. The van der Waals surface area contributed by atoms with Gasteiger partial charge in [-0.25, -0.2) is 0 Å². The number of anilines is 3. The Balaban J connectivity index is 1.04. The van der Waals surface area contributed by atoms with Crippen molar-refractivity contribution in [1.82, 2.24) is 4.57 Å². The molecular formula is C58H36N2O2. The average molecular weight is 793 g/mol. The van der Waals surface area contributed by atoms with Crippen LogP contribution in [0, 0.1) is 0 Å². The highest BCUT2D eigenvalue weighted by Gasteiger charge is 2.23. The highest BCUT2D eigenvalue weighted by atomic mass is 16.3. The summed E-state index contributed by atoms with van der Waals surface area (Å²) in [6.45, 7) is 0. The Hall–Kier alpha value is -8.34. The summed E-state index contributed by atoms with van der Waals surface area (Å²) in [7, 11) is 0. The van der Waals surface area contributed by atoms with Crippen LogP contribution < -0.4 is 4.90 Å². The molecule has 4 heteroatoms. The van der Waals surface area contributed by atoms with Crippen LogP contribution >= 0.6 is 0 Å². The lowest BCUT2D eigenvalue weighted by molar-refractivity contribution is 0.670. The van der Waals surface area contributed by atoms with Crippen molar-refractivity contribution in [2.45, 2.75) is 0 Å². The first-order valence-corrected chi connectivity index (χ1v) is 21.1. The second-order valence-corrected chi connectivity index (χ2v) is 16.0. The summed E-state index contributed by atoms with van der Waals surface area (Å²) in [6.07, 6.45) is 0. The summed E-state index contributed by atoms with van der Waals surface area (Å²) >= 11 is 0. The molecule has 0 saturated carbocycles. The van der Waals surface area contributed by atoms with Gasteiger partial charge in [-0.1, -0.05) is 158 Å². The zero-order valence-corrected chi connectivity index (χ0v) is 33.5. The van der Waals surface area contributed by atoms with Crippen LogP contribution in [0.25, 0.3) is 104 Å². The van der Waals surface area contributed by atoms with Gasteiger partial charge in [-0.15, -0.1) is 0 Å². The monoisotopic (exact) mass is 792 g/mol. The third-order valence-corrected chi connectivity index (χ3v) is 12.6. The van der Waals surface area contributed by atoms with Crippen LogP contribution in [0.1, 0.15) is 0 Å². The van der Waals surface area contributed by atoms with E-state index >= 15 is 0 Å². The Morgan fingerprint density at radius 1 is 0.339 bits per heavy atom. The van der Waals surface area contributed by atoms with Gasteiger partial charge in [-0.3, -0.25) is 0 Å². The molecule has 0 saturated heterocycles. The first kappa shape index (κ1) is 34.5. The van der Waals surface area contributed by atoms with Crippen LogP contribution in [-0.2, 0) is 0 Å². The van der Waals surface area contributed by atoms with Crippen molar-refractivity contribution < 1.29 is 8.83 Å². The number of rotatable bonds is 6. The second-order valence-electron chi connectivity index (χ2n) is 16.0. The van der Waals surface area contributed by atoms with Gasteiger partial charge in [0.25, 0.3) is 0 Å². The molecule has 0 amide bonds. The first-order valence-electron chi connectivity index (χ1n) is 21.1. The third-order valence-electron chi connectivity index (χ3n) is 12.6. The first-order chi connectivity index (χ1) is 30.8. The molecule has 13 rings (SSSR count). The fraction of sp³-hybridized carbons (Fsp3) is 0. The van der Waals surface area contributed by atoms with Crippen molar-refractivity contribution in [2.24, 2.45) is 0 Å². The van der Waals surface area contributed by atoms with Crippen LogP contribution in [0.5, 0.6) is 0 Å². The normalized spacial score (nSPS) is 11.9. The quantitative estimate of drug-likeness (QED) is 0.168. The lowest BCUT2D eigenvalue weighted by atomic mass is 10.0. The van der Waals surface area contributed by atoms with E-state index in [1.54, 1.807) is 0 Å². The van der Waals surface area contributed by atoms with Gasteiger partial charge < -0.3 is 18.3 Å². The number of fused-ring (bicyclic) bond motifs is 11. The van der Waals surface area contributed by atoms with Crippen molar-refractivity contribution in [1.29, 1.82) is 0 Å². The van der Waals surface area contributed by atoms with Gasteiger partial charge in [0, 0.05) is 54.6 Å². The maximum atomic E-state index is 6.95. The van der Waals surface area contributed by atoms with E-state index in [1.807, 2.05) is 12.1 Å². The fourth-order valence-electron chi connectivity index (χ4n) is 9.79. The van der Waals surface area contributed by atoms with Gasteiger partial charge >= 0.3 is 0 Å². The van der Waals surface area contributed by atoms with Gasteiger partial charge in [0.15, 0.2) is 0 Å². The molecule has 0 aliphatic rings. The standard InChI is InChI=1S/C58H36N2O2/c1-2-14-37(15-3-1)38-28-32-40(33-29-38)59(41-34-30-39(31-35-41)42-21-12-22-48-46-19-8-11-26-54(46)61-57(42)48)52-25-13-27-55-56(52)49-36-53(45-18-4-5-20-47(45)58(49)62-55)60-50-23-9-6-16-43(50)44-17-7-10-24-51(44)60/h1-36H. The van der Waals surface area contributed by atoms with Crippen molar-refractivity contribution in [3.8, 4) is 27.9 Å². The molecule has 0 fully saturated rings. The predicted octanol–water partition coefficient (Wildman–Crippen LogP) is 16.5. The van der Waals surface area contributed by atoms with Gasteiger partial charge in [0.05, 0.1) is 27.8 Å². The summed E-state index contributed by atoms with van der Waals surface area (Å²) in [6, 6.07) is 77.8. The molecular weight excluding hydrogens is 757 g/mol. The molecule has 290 valence electrons. The zero-order valence-electron chi connectivity index (χ0n) is 33.5. The lowest BCUT2D eigenvalue weighted by Crippen LogP contribution is -2.10. The maximum Gasteiger partial charge on any atom is 0.143 e. The van der Waals surface area contributed by atoms with E-state index in [4.69, 9.17) is 8.83 Å². The molecule has 3 heterocycles. The van der Waals surface area contributed by atoms with Crippen LogP contribution in [0.4, 0.5) is 17.1 Å². The topological polar surface area (TPSA) is 34.5 Å². The molecule has 13 aromatic rings. The van der Waals surface area contributed by atoms with Crippen molar-refractivity contribution in [3.63, 3.8) is 0 Å². The lowest BCUT2D eigenvalue weighted by Gasteiger charge is -2.27. The molecule has 62 heavy (non-hydrogen) atoms. The molecule has 0 radical (unpaired) electrons. The average Bonchev–Trinajstić information content (AvgIpc) is 4.02. The second kappa shape index (κ2) is 13.6. The molecule has 0 N–H and O–H groups in total. The summed E-state index contributed by atoms with van der Waals surface area (Å²) in [5, 5.41) is 9.03. The number of aromatic nitrogens is 1. The fourth-order valence-corrected chi connectivity index (χ4v) is 9.79. The van der Waals surface area contributed by atoms with Crippen LogP contribution in [0.15, 0.2) is 227 Å². The number of furan rings is 2. The third kappa shape index (κ3) is 5.20. The molecule has 0 spiro atoms. The molecule has 0 aliphatic heterocycles. The minimum Gasteiger partial charge on any atom is -0.455 e. The van der Waals surface area contributed by atoms with Gasteiger partial charge in [0.1, 0.15) is 22.3 Å². The Kier molecular flexibility index (Phi) is 7.57. The zero-order chi connectivity index (χ0) is 40.7. The van der Waals surface area contributed by atoms with Crippen LogP contribution in [0.2, 0.25) is 0 Å². The van der Waals surface area contributed by atoms with Gasteiger partial charge in [-0.05, 0) is 77.4 Å². The molecule has 0 bridgehead atoms. The van der Waals surface area contributed by atoms with E-state index in [1.165, 1.54) is 27.4 Å². The van der Waals surface area contributed by atoms with Crippen molar-refractivity contribution >= 4 is 93.5 Å². The number of benzene rings is 10. The SMILES string of the molecule is c1ccc(-c2ccc(N(c3ccc(-c4cccc5c4oc4ccccc45)cc3)c3cccc4oc5c6ccccc6c(-n6c7ccccc7c7ccccc76)cc5c34)cc2)cc1. The molecule has 3 aromatic heterocycles. The summed E-state index contributed by atoms with van der Waals surface area (Å²) in [4.78, 5) is 2.37. The summed E-state index contributed by atoms with van der Waals surface area (Å²) in [5.74, 6) is 0. The van der Waals surface area contributed by atoms with Crippen molar-refractivity contribution in [3.05, 3.63) is 218 Å². The Morgan fingerprint density at radius 2 is 0.855 bits per heavy atom. The number of hydrogen-bond acceptors (Lipinski definition) is 3. The minimum absolute atomic E-state index is 0.834. The van der Waals surface area contributed by atoms with Crippen molar-refractivity contribution in [2.75, 3.05) is 4.90 Å².